The van der Waals surface area contributed by atoms with Crippen LogP contribution in [-0.4, -0.2) is 57.5 Å². The molecule has 0 unspecified atom stereocenters. The highest BCUT2D eigenvalue weighted by atomic mass is 32.2. The first kappa shape index (κ1) is 14.9. The average molecular weight is 236 g/mol. The van der Waals surface area contributed by atoms with E-state index in [9.17, 15) is 8.42 Å². The van der Waals surface area contributed by atoms with Crippen LogP contribution in [0.4, 0.5) is 0 Å². The molecule has 0 aliphatic carbocycles. The summed E-state index contributed by atoms with van der Waals surface area (Å²) in [5, 5.41) is 3.15. The molecule has 0 saturated heterocycles. The van der Waals surface area contributed by atoms with Gasteiger partial charge in [-0.05, 0) is 13.1 Å². The van der Waals surface area contributed by atoms with Crippen LogP contribution in [-0.2, 0) is 9.84 Å². The van der Waals surface area contributed by atoms with Crippen molar-refractivity contribution >= 4 is 9.84 Å². The fraction of sp³-hybridized carbons (Fsp3) is 1.00. The third kappa shape index (κ3) is 7.76. The minimum atomic E-state index is -2.81. The molecular formula is C10H24N2O2S. The van der Waals surface area contributed by atoms with E-state index in [1.807, 2.05) is 0 Å². The van der Waals surface area contributed by atoms with E-state index in [2.05, 4.69) is 24.1 Å². The molecular weight excluding hydrogens is 212 g/mol. The summed E-state index contributed by atoms with van der Waals surface area (Å²) in [6, 6.07) is 0. The molecule has 0 bridgehead atoms. The summed E-state index contributed by atoms with van der Waals surface area (Å²) in [5.41, 5.74) is 0. The molecule has 1 N–H and O–H groups in total. The predicted molar refractivity (Wildman–Crippen MR) is 65.0 cm³/mol. The summed E-state index contributed by atoms with van der Waals surface area (Å²) in [4.78, 5) is 2.31. The fourth-order valence-electron chi connectivity index (χ4n) is 1.27. The van der Waals surface area contributed by atoms with E-state index in [4.69, 9.17) is 0 Å². The second-order valence-corrected chi connectivity index (χ2v) is 5.99. The summed E-state index contributed by atoms with van der Waals surface area (Å²) in [7, 11) is -2.81. The van der Waals surface area contributed by atoms with Gasteiger partial charge < -0.3 is 10.2 Å². The second kappa shape index (κ2) is 8.07. The van der Waals surface area contributed by atoms with Gasteiger partial charge in [0.15, 0.2) is 9.84 Å². The van der Waals surface area contributed by atoms with Gasteiger partial charge in [-0.2, -0.15) is 0 Å². The summed E-state index contributed by atoms with van der Waals surface area (Å²) < 4.78 is 22.3. The minimum Gasteiger partial charge on any atom is -0.314 e. The van der Waals surface area contributed by atoms with E-state index in [0.29, 0.717) is 6.54 Å². The molecule has 0 saturated carbocycles. The smallest absolute Gasteiger partial charge is 0.151 e. The van der Waals surface area contributed by atoms with E-state index in [0.717, 1.165) is 26.2 Å². The number of likely N-dealkylation sites (N-methyl/N-ethyl adjacent to an activating group) is 1. The molecule has 0 heterocycles. The molecule has 0 spiro atoms. The topological polar surface area (TPSA) is 49.4 Å². The Bertz CT molecular complexity index is 236. The lowest BCUT2D eigenvalue weighted by Crippen LogP contribution is -2.34. The zero-order valence-electron chi connectivity index (χ0n) is 10.1. The Morgan fingerprint density at radius 2 is 1.67 bits per heavy atom. The molecule has 0 aromatic heterocycles. The molecule has 0 radical (unpaired) electrons. The SMILES string of the molecule is CCN(CC)CCNCCS(=O)(=O)CC. The van der Waals surface area contributed by atoms with Crippen molar-refractivity contribution in [1.29, 1.82) is 0 Å². The van der Waals surface area contributed by atoms with Crippen molar-refractivity contribution < 1.29 is 8.42 Å². The van der Waals surface area contributed by atoms with Gasteiger partial charge in [-0.1, -0.05) is 20.8 Å². The molecule has 0 aliphatic heterocycles. The predicted octanol–water partition coefficient (Wildman–Crippen LogP) is 0.353. The van der Waals surface area contributed by atoms with Gasteiger partial charge in [-0.3, -0.25) is 0 Å². The van der Waals surface area contributed by atoms with Crippen molar-refractivity contribution in [2.24, 2.45) is 0 Å². The van der Waals surface area contributed by atoms with Crippen LogP contribution in [0.25, 0.3) is 0 Å². The lowest BCUT2D eigenvalue weighted by molar-refractivity contribution is 0.303. The Kier molecular flexibility index (Phi) is 8.00. The lowest BCUT2D eigenvalue weighted by Gasteiger charge is -2.17. The quantitative estimate of drug-likeness (QED) is 0.587. The van der Waals surface area contributed by atoms with E-state index >= 15 is 0 Å². The molecule has 92 valence electrons. The van der Waals surface area contributed by atoms with Crippen LogP contribution in [0.1, 0.15) is 20.8 Å². The van der Waals surface area contributed by atoms with Crippen molar-refractivity contribution in [1.82, 2.24) is 10.2 Å². The van der Waals surface area contributed by atoms with Gasteiger partial charge in [0.25, 0.3) is 0 Å². The van der Waals surface area contributed by atoms with Crippen molar-refractivity contribution in [3.8, 4) is 0 Å². The Morgan fingerprint density at radius 3 is 2.13 bits per heavy atom. The number of nitrogens with one attached hydrogen (secondary N) is 1. The normalized spacial score (nSPS) is 12.3. The van der Waals surface area contributed by atoms with Crippen molar-refractivity contribution in [2.45, 2.75) is 20.8 Å². The van der Waals surface area contributed by atoms with Crippen molar-refractivity contribution in [2.75, 3.05) is 44.2 Å². The largest absolute Gasteiger partial charge is 0.314 e. The van der Waals surface area contributed by atoms with Crippen LogP contribution in [0, 0.1) is 0 Å². The number of sulfone groups is 1. The molecule has 15 heavy (non-hydrogen) atoms. The summed E-state index contributed by atoms with van der Waals surface area (Å²) >= 11 is 0. The maximum Gasteiger partial charge on any atom is 0.151 e. The van der Waals surface area contributed by atoms with Crippen LogP contribution in [0.5, 0.6) is 0 Å². The highest BCUT2D eigenvalue weighted by Gasteiger charge is 2.05. The monoisotopic (exact) mass is 236 g/mol. The van der Waals surface area contributed by atoms with E-state index in [-0.39, 0.29) is 11.5 Å². The molecule has 0 aromatic rings. The summed E-state index contributed by atoms with van der Waals surface area (Å²) in [5.74, 6) is 0.493. The third-order valence-corrected chi connectivity index (χ3v) is 4.23. The third-order valence-electron chi connectivity index (χ3n) is 2.53. The van der Waals surface area contributed by atoms with E-state index in [1.54, 1.807) is 6.92 Å². The number of hydrogen-bond acceptors (Lipinski definition) is 4. The molecule has 0 fully saturated rings. The highest BCUT2D eigenvalue weighted by molar-refractivity contribution is 7.91. The maximum atomic E-state index is 11.2. The van der Waals surface area contributed by atoms with Crippen molar-refractivity contribution in [3.63, 3.8) is 0 Å². The van der Waals surface area contributed by atoms with E-state index < -0.39 is 9.84 Å². The van der Waals surface area contributed by atoms with Crippen molar-refractivity contribution in [3.05, 3.63) is 0 Å². The Balaban J connectivity index is 3.47. The zero-order valence-corrected chi connectivity index (χ0v) is 10.9. The maximum absolute atomic E-state index is 11.2. The Labute approximate surface area is 94.0 Å². The van der Waals surface area contributed by atoms with E-state index in [1.165, 1.54) is 0 Å². The molecule has 0 aliphatic rings. The minimum absolute atomic E-state index is 0.241. The first-order chi connectivity index (χ1) is 7.05. The Hall–Kier alpha value is -0.130. The molecule has 0 aromatic carbocycles. The second-order valence-electron chi connectivity index (χ2n) is 3.51. The van der Waals surface area contributed by atoms with Crippen LogP contribution in [0.2, 0.25) is 0 Å². The Morgan fingerprint density at radius 1 is 1.07 bits per heavy atom. The van der Waals surface area contributed by atoms with Gasteiger partial charge in [0.1, 0.15) is 0 Å². The summed E-state index contributed by atoms with van der Waals surface area (Å²) in [6.07, 6.45) is 0. The molecule has 4 nitrogen and oxygen atoms in total. The fourth-order valence-corrected chi connectivity index (χ4v) is 2.02. The van der Waals surface area contributed by atoms with Crippen LogP contribution in [0.15, 0.2) is 0 Å². The van der Waals surface area contributed by atoms with Crippen LogP contribution >= 0.6 is 0 Å². The first-order valence-corrected chi connectivity index (χ1v) is 7.51. The first-order valence-electron chi connectivity index (χ1n) is 5.69. The number of hydrogen-bond donors (Lipinski definition) is 1. The van der Waals surface area contributed by atoms with Gasteiger partial charge in [-0.25, -0.2) is 8.42 Å². The van der Waals surface area contributed by atoms with Crippen LogP contribution < -0.4 is 5.32 Å². The summed E-state index contributed by atoms with van der Waals surface area (Å²) in [6.45, 7) is 10.5. The molecule has 0 atom stereocenters. The van der Waals surface area contributed by atoms with Gasteiger partial charge >= 0.3 is 0 Å². The number of rotatable bonds is 9. The lowest BCUT2D eigenvalue weighted by atomic mass is 10.4. The van der Waals surface area contributed by atoms with Gasteiger partial charge in [0.05, 0.1) is 5.75 Å². The van der Waals surface area contributed by atoms with Gasteiger partial charge in [-0.15, -0.1) is 0 Å². The highest BCUT2D eigenvalue weighted by Crippen LogP contribution is 1.87. The molecule has 0 rings (SSSR count). The zero-order chi connectivity index (χ0) is 11.7. The molecule has 5 heteroatoms. The average Bonchev–Trinajstić information content (AvgIpc) is 2.23. The number of nitrogens with zero attached hydrogens (tertiary/aromatic N) is 1. The molecule has 0 amide bonds. The van der Waals surface area contributed by atoms with Crippen LogP contribution in [0.3, 0.4) is 0 Å². The van der Waals surface area contributed by atoms with Gasteiger partial charge in [0.2, 0.25) is 0 Å². The van der Waals surface area contributed by atoms with Gasteiger partial charge in [0, 0.05) is 25.4 Å². The standard InChI is InChI=1S/C10H24N2O2S/c1-4-12(5-2)9-7-11-8-10-15(13,14)6-3/h11H,4-10H2,1-3H3.